The molecule has 0 saturated carbocycles. The van der Waals surface area contributed by atoms with Crippen LogP contribution in [-0.2, 0) is 4.74 Å². The second kappa shape index (κ2) is 7.05. The minimum Gasteiger partial charge on any atom is -0.372 e. The van der Waals surface area contributed by atoms with Gasteiger partial charge in [-0.05, 0) is 33.7 Å². The summed E-state index contributed by atoms with van der Waals surface area (Å²) in [7, 11) is 1.98. The second-order valence-corrected chi connectivity index (χ2v) is 4.85. The third-order valence-electron chi connectivity index (χ3n) is 3.16. The molecule has 1 N–H and O–H groups in total. The Labute approximate surface area is 99.8 Å². The molecule has 1 aliphatic heterocycles. The molecule has 1 rings (SSSR count). The molecule has 2 unspecified atom stereocenters. The van der Waals surface area contributed by atoms with E-state index in [-0.39, 0.29) is 0 Å². The number of ether oxygens (including phenoxy) is 1. The van der Waals surface area contributed by atoms with Crippen LogP contribution in [0.25, 0.3) is 0 Å². The average molecular weight is 226 g/mol. The Morgan fingerprint density at radius 1 is 1.44 bits per heavy atom. The Morgan fingerprint density at radius 3 is 2.69 bits per heavy atom. The van der Waals surface area contributed by atoms with Crippen LogP contribution in [0.2, 0.25) is 0 Å². The highest BCUT2D eigenvalue weighted by Crippen LogP contribution is 2.20. The first-order valence-electron chi connectivity index (χ1n) is 6.32. The van der Waals surface area contributed by atoms with Crippen LogP contribution in [0.1, 0.15) is 26.7 Å². The predicted octanol–water partition coefficient (Wildman–Crippen LogP) is 1.65. The highest BCUT2D eigenvalue weighted by Gasteiger charge is 2.26. The van der Waals surface area contributed by atoms with Crippen molar-refractivity contribution in [3.63, 3.8) is 0 Å². The lowest BCUT2D eigenvalue weighted by Gasteiger charge is -2.28. The molecular weight excluding hydrogens is 200 g/mol. The SMILES string of the molecule is C=CCN(CC1CCC(CNC)O1)C(C)C. The van der Waals surface area contributed by atoms with E-state index in [1.165, 1.54) is 12.8 Å². The molecule has 0 aliphatic carbocycles. The predicted molar refractivity (Wildman–Crippen MR) is 68.7 cm³/mol. The summed E-state index contributed by atoms with van der Waals surface area (Å²) in [5, 5.41) is 3.18. The summed E-state index contributed by atoms with van der Waals surface area (Å²) in [6.45, 7) is 11.2. The van der Waals surface area contributed by atoms with Gasteiger partial charge in [-0.2, -0.15) is 0 Å². The van der Waals surface area contributed by atoms with Crippen molar-refractivity contribution in [3.8, 4) is 0 Å². The van der Waals surface area contributed by atoms with E-state index in [0.717, 1.165) is 19.6 Å². The number of hydrogen-bond donors (Lipinski definition) is 1. The highest BCUT2D eigenvalue weighted by atomic mass is 16.5. The van der Waals surface area contributed by atoms with Crippen LogP contribution in [0.5, 0.6) is 0 Å². The Hall–Kier alpha value is -0.380. The lowest BCUT2D eigenvalue weighted by molar-refractivity contribution is 0.0207. The third kappa shape index (κ3) is 4.24. The van der Waals surface area contributed by atoms with Gasteiger partial charge in [0.1, 0.15) is 0 Å². The van der Waals surface area contributed by atoms with Crippen molar-refractivity contribution in [1.82, 2.24) is 10.2 Å². The van der Waals surface area contributed by atoms with E-state index in [1.54, 1.807) is 0 Å². The largest absolute Gasteiger partial charge is 0.372 e. The highest BCUT2D eigenvalue weighted by molar-refractivity contribution is 4.82. The van der Waals surface area contributed by atoms with E-state index in [0.29, 0.717) is 18.2 Å². The summed E-state index contributed by atoms with van der Waals surface area (Å²) in [5.41, 5.74) is 0. The standard InChI is InChI=1S/C13H26N2O/c1-5-8-15(11(2)3)10-13-7-6-12(16-13)9-14-4/h5,11-14H,1,6-10H2,2-4H3. The second-order valence-electron chi connectivity index (χ2n) is 4.85. The molecule has 16 heavy (non-hydrogen) atoms. The summed E-state index contributed by atoms with van der Waals surface area (Å²) in [4.78, 5) is 2.42. The van der Waals surface area contributed by atoms with E-state index in [4.69, 9.17) is 4.74 Å². The minimum absolute atomic E-state index is 0.403. The van der Waals surface area contributed by atoms with E-state index in [9.17, 15) is 0 Å². The molecule has 2 atom stereocenters. The number of nitrogens with zero attached hydrogens (tertiary/aromatic N) is 1. The molecule has 1 saturated heterocycles. The fourth-order valence-corrected chi connectivity index (χ4v) is 2.22. The summed E-state index contributed by atoms with van der Waals surface area (Å²) in [5.74, 6) is 0. The maximum Gasteiger partial charge on any atom is 0.0707 e. The number of hydrogen-bond acceptors (Lipinski definition) is 3. The topological polar surface area (TPSA) is 24.5 Å². The van der Waals surface area contributed by atoms with E-state index >= 15 is 0 Å². The van der Waals surface area contributed by atoms with Crippen LogP contribution in [0.3, 0.4) is 0 Å². The Balaban J connectivity index is 2.33. The van der Waals surface area contributed by atoms with Crippen molar-refractivity contribution in [2.45, 2.75) is 44.9 Å². The van der Waals surface area contributed by atoms with Crippen molar-refractivity contribution in [1.29, 1.82) is 0 Å². The summed E-state index contributed by atoms with van der Waals surface area (Å²) in [6, 6.07) is 0.560. The summed E-state index contributed by atoms with van der Waals surface area (Å²) >= 11 is 0. The van der Waals surface area contributed by atoms with Gasteiger partial charge >= 0.3 is 0 Å². The summed E-state index contributed by atoms with van der Waals surface area (Å²) in [6.07, 6.45) is 5.16. The van der Waals surface area contributed by atoms with Crippen LogP contribution in [0.15, 0.2) is 12.7 Å². The van der Waals surface area contributed by atoms with Gasteiger partial charge in [0, 0.05) is 25.7 Å². The van der Waals surface area contributed by atoms with Gasteiger partial charge in [-0.15, -0.1) is 6.58 Å². The molecule has 1 heterocycles. The first kappa shape index (κ1) is 13.7. The van der Waals surface area contributed by atoms with Crippen molar-refractivity contribution >= 4 is 0 Å². The molecule has 1 aliphatic rings. The maximum absolute atomic E-state index is 5.99. The number of rotatable bonds is 7. The van der Waals surface area contributed by atoms with Crippen LogP contribution in [-0.4, -0.2) is 49.8 Å². The van der Waals surface area contributed by atoms with Crippen molar-refractivity contribution in [2.75, 3.05) is 26.7 Å². The molecular formula is C13H26N2O. The molecule has 3 nitrogen and oxygen atoms in total. The molecule has 0 radical (unpaired) electrons. The van der Waals surface area contributed by atoms with Crippen LogP contribution in [0.4, 0.5) is 0 Å². The Morgan fingerprint density at radius 2 is 2.12 bits per heavy atom. The average Bonchev–Trinajstić information content (AvgIpc) is 2.65. The molecule has 0 amide bonds. The molecule has 0 spiro atoms. The first-order chi connectivity index (χ1) is 7.67. The van der Waals surface area contributed by atoms with E-state index in [1.807, 2.05) is 13.1 Å². The van der Waals surface area contributed by atoms with Gasteiger partial charge in [-0.1, -0.05) is 6.08 Å². The van der Waals surface area contributed by atoms with Gasteiger partial charge in [-0.3, -0.25) is 4.90 Å². The van der Waals surface area contributed by atoms with Crippen molar-refractivity contribution in [2.24, 2.45) is 0 Å². The van der Waals surface area contributed by atoms with Gasteiger partial charge in [0.25, 0.3) is 0 Å². The van der Waals surface area contributed by atoms with Crippen molar-refractivity contribution in [3.05, 3.63) is 12.7 Å². The van der Waals surface area contributed by atoms with E-state index in [2.05, 4.69) is 30.6 Å². The van der Waals surface area contributed by atoms with Gasteiger partial charge in [0.15, 0.2) is 0 Å². The molecule has 0 aromatic heterocycles. The molecule has 0 aromatic rings. The fraction of sp³-hybridized carbons (Fsp3) is 0.846. The Bertz CT molecular complexity index is 206. The normalized spacial score (nSPS) is 25.6. The van der Waals surface area contributed by atoms with Gasteiger partial charge in [0.2, 0.25) is 0 Å². The molecule has 0 bridgehead atoms. The quantitative estimate of drug-likeness (QED) is 0.668. The monoisotopic (exact) mass is 226 g/mol. The maximum atomic E-state index is 5.99. The zero-order valence-electron chi connectivity index (χ0n) is 10.9. The molecule has 0 aromatic carbocycles. The van der Waals surface area contributed by atoms with Crippen LogP contribution < -0.4 is 5.32 Å². The van der Waals surface area contributed by atoms with Crippen LogP contribution in [0, 0.1) is 0 Å². The molecule has 1 fully saturated rings. The molecule has 3 heteroatoms. The first-order valence-corrected chi connectivity index (χ1v) is 6.32. The van der Waals surface area contributed by atoms with Gasteiger partial charge in [0.05, 0.1) is 12.2 Å². The number of nitrogens with one attached hydrogen (secondary N) is 1. The van der Waals surface area contributed by atoms with Gasteiger partial charge < -0.3 is 10.1 Å². The zero-order chi connectivity index (χ0) is 12.0. The Kier molecular flexibility index (Phi) is 6.03. The lowest BCUT2D eigenvalue weighted by atomic mass is 10.1. The van der Waals surface area contributed by atoms with Crippen molar-refractivity contribution < 1.29 is 4.74 Å². The smallest absolute Gasteiger partial charge is 0.0707 e. The third-order valence-corrected chi connectivity index (χ3v) is 3.16. The minimum atomic E-state index is 0.403. The van der Waals surface area contributed by atoms with Gasteiger partial charge in [-0.25, -0.2) is 0 Å². The van der Waals surface area contributed by atoms with E-state index < -0.39 is 0 Å². The number of likely N-dealkylation sites (N-methyl/N-ethyl adjacent to an activating group) is 1. The van der Waals surface area contributed by atoms with Crippen LogP contribution >= 0.6 is 0 Å². The summed E-state index contributed by atoms with van der Waals surface area (Å²) < 4.78 is 5.99. The zero-order valence-corrected chi connectivity index (χ0v) is 10.9. The molecule has 94 valence electrons. The fourth-order valence-electron chi connectivity index (χ4n) is 2.22. The lowest BCUT2D eigenvalue weighted by Crippen LogP contribution is -2.38.